The highest BCUT2D eigenvalue weighted by Crippen LogP contribution is 1.62. The number of hydrazone groups is 1. The lowest BCUT2D eigenvalue weighted by molar-refractivity contribution is 0.242. The Labute approximate surface area is 58.7 Å². The molecule has 0 aliphatic rings. The summed E-state index contributed by atoms with van der Waals surface area (Å²) in [5, 5.41) is 13.6. The van der Waals surface area contributed by atoms with Gasteiger partial charge in [0.1, 0.15) is 12.3 Å². The monoisotopic (exact) mass is 140 g/mol. The van der Waals surface area contributed by atoms with E-state index in [9.17, 15) is 4.79 Å². The number of nitrogens with one attached hydrogen (secondary N) is 2. The fraction of sp³-hybridized carbons (Fsp3) is 0.400. The minimum absolute atomic E-state index is 0.408. The van der Waals surface area contributed by atoms with Crippen molar-refractivity contribution in [3.05, 3.63) is 0 Å². The highest BCUT2D eigenvalue weighted by molar-refractivity contribution is 5.78. The van der Waals surface area contributed by atoms with Crippen LogP contribution in [0.4, 0.5) is 4.79 Å². The van der Waals surface area contributed by atoms with Crippen LogP contribution in [0, 0.1) is 11.3 Å². The molecule has 0 aromatic carbocycles. The summed E-state index contributed by atoms with van der Waals surface area (Å²) in [6.07, 6.45) is 0.940. The maximum Gasteiger partial charge on any atom is 0.335 e. The Hall–Kier alpha value is -1.57. The number of carbonyl (C=O) groups excluding carboxylic acids is 1. The Morgan fingerprint density at radius 3 is 3.10 bits per heavy atom. The van der Waals surface area contributed by atoms with Gasteiger partial charge in [-0.1, -0.05) is 0 Å². The van der Waals surface area contributed by atoms with Crippen LogP contribution in [0.25, 0.3) is 0 Å². The lowest BCUT2D eigenvalue weighted by Gasteiger charge is -1.96. The quantitative estimate of drug-likeness (QED) is 0.412. The van der Waals surface area contributed by atoms with E-state index in [-0.39, 0.29) is 0 Å². The summed E-state index contributed by atoms with van der Waals surface area (Å²) in [5.74, 6) is 0. The zero-order chi connectivity index (χ0) is 7.82. The topological polar surface area (TPSA) is 77.3 Å². The maximum absolute atomic E-state index is 10.5. The van der Waals surface area contributed by atoms with Crippen molar-refractivity contribution in [1.82, 2.24) is 10.7 Å². The van der Waals surface area contributed by atoms with Crippen molar-refractivity contribution in [3.8, 4) is 6.07 Å². The lowest BCUT2D eigenvalue weighted by atomic mass is 10.7. The molecule has 5 heteroatoms. The summed E-state index contributed by atoms with van der Waals surface area (Å²) in [6, 6.07) is 1.22. The normalized spacial score (nSPS) is 8.80. The molecule has 10 heavy (non-hydrogen) atoms. The molecule has 0 rings (SSSR count). The van der Waals surface area contributed by atoms with E-state index in [0.29, 0.717) is 6.54 Å². The Balaban J connectivity index is 3.41. The van der Waals surface area contributed by atoms with E-state index in [1.807, 2.05) is 0 Å². The molecule has 0 aliphatic carbocycles. The molecule has 0 radical (unpaired) electrons. The molecule has 0 bridgehead atoms. The molecular weight excluding hydrogens is 132 g/mol. The fourth-order valence-electron chi connectivity index (χ4n) is 0.320. The van der Waals surface area contributed by atoms with Crippen molar-refractivity contribution in [2.75, 3.05) is 6.54 Å². The van der Waals surface area contributed by atoms with Crippen LogP contribution in [-0.2, 0) is 0 Å². The third-order valence-electron chi connectivity index (χ3n) is 0.626. The van der Waals surface area contributed by atoms with E-state index < -0.39 is 6.03 Å². The molecule has 0 fully saturated rings. The predicted molar refractivity (Wildman–Crippen MR) is 36.3 cm³/mol. The van der Waals surface area contributed by atoms with Gasteiger partial charge in [-0.3, -0.25) is 0 Å². The van der Waals surface area contributed by atoms with Gasteiger partial charge >= 0.3 is 6.03 Å². The Kier molecular flexibility index (Phi) is 4.69. The molecular formula is C5H8N4O. The van der Waals surface area contributed by atoms with Crippen molar-refractivity contribution < 1.29 is 4.79 Å². The van der Waals surface area contributed by atoms with Gasteiger partial charge in [-0.05, 0) is 6.92 Å². The zero-order valence-corrected chi connectivity index (χ0v) is 5.59. The van der Waals surface area contributed by atoms with Gasteiger partial charge in [0.05, 0.1) is 0 Å². The van der Waals surface area contributed by atoms with Crippen LogP contribution < -0.4 is 10.7 Å². The first kappa shape index (κ1) is 8.43. The maximum atomic E-state index is 10.5. The van der Waals surface area contributed by atoms with Crippen LogP contribution in [0.5, 0.6) is 0 Å². The number of hydrogen-bond donors (Lipinski definition) is 2. The van der Waals surface area contributed by atoms with Crippen molar-refractivity contribution in [2.45, 2.75) is 6.92 Å². The summed E-state index contributed by atoms with van der Waals surface area (Å²) in [5.41, 5.74) is 2.08. The second-order valence-electron chi connectivity index (χ2n) is 1.36. The van der Waals surface area contributed by atoms with Gasteiger partial charge < -0.3 is 5.32 Å². The first-order valence-electron chi connectivity index (χ1n) is 2.76. The van der Waals surface area contributed by atoms with E-state index in [2.05, 4.69) is 15.8 Å². The molecule has 0 aromatic heterocycles. The van der Waals surface area contributed by atoms with Gasteiger partial charge in [-0.15, -0.1) is 0 Å². The molecule has 0 saturated heterocycles. The average molecular weight is 140 g/mol. The smallest absolute Gasteiger partial charge is 0.335 e. The van der Waals surface area contributed by atoms with E-state index >= 15 is 0 Å². The second-order valence-corrected chi connectivity index (χ2v) is 1.36. The third kappa shape index (κ3) is 4.59. The first-order chi connectivity index (χ1) is 4.81. The molecule has 0 saturated carbocycles. The number of carbonyl (C=O) groups is 1. The minimum atomic E-state index is -0.408. The Morgan fingerprint density at radius 2 is 2.60 bits per heavy atom. The summed E-state index contributed by atoms with van der Waals surface area (Å²) < 4.78 is 0. The lowest BCUT2D eigenvalue weighted by Crippen LogP contribution is -2.31. The first-order valence-corrected chi connectivity index (χ1v) is 2.76. The number of nitrogens with zero attached hydrogens (tertiary/aromatic N) is 2. The molecule has 0 aliphatic heterocycles. The van der Waals surface area contributed by atoms with E-state index in [1.165, 1.54) is 0 Å². The third-order valence-corrected chi connectivity index (χ3v) is 0.626. The second kappa shape index (κ2) is 5.56. The van der Waals surface area contributed by atoms with Crippen molar-refractivity contribution >= 4 is 12.2 Å². The summed E-state index contributed by atoms with van der Waals surface area (Å²) in [6.45, 7) is 2.32. The minimum Gasteiger partial charge on any atom is -0.337 e. The van der Waals surface area contributed by atoms with Gasteiger partial charge in [-0.2, -0.15) is 10.4 Å². The van der Waals surface area contributed by atoms with Gasteiger partial charge in [-0.25, -0.2) is 10.2 Å². The number of rotatable bonds is 2. The van der Waals surface area contributed by atoms with Crippen molar-refractivity contribution in [1.29, 1.82) is 5.26 Å². The van der Waals surface area contributed by atoms with Gasteiger partial charge in [0.15, 0.2) is 0 Å². The van der Waals surface area contributed by atoms with Crippen molar-refractivity contribution in [2.24, 2.45) is 5.10 Å². The predicted octanol–water partition coefficient (Wildman–Crippen LogP) is -0.185. The molecule has 2 amide bonds. The largest absolute Gasteiger partial charge is 0.337 e. The molecule has 5 nitrogen and oxygen atoms in total. The number of amides is 2. The average Bonchev–Trinajstić information content (AvgIpc) is 1.89. The fourth-order valence-corrected chi connectivity index (χ4v) is 0.320. The highest BCUT2D eigenvalue weighted by Gasteiger charge is 1.90. The SMILES string of the molecule is CCNC(=O)N/N=C/C#N. The molecule has 54 valence electrons. The Bertz CT molecular complexity index is 169. The standard InChI is InChI=1S/C5H8N4O/c1-2-7-5(10)9-8-4-3-6/h4H,2H2,1H3,(H2,7,9,10)/b8-4+. The molecule has 0 spiro atoms. The van der Waals surface area contributed by atoms with Gasteiger partial charge in [0.25, 0.3) is 0 Å². The molecule has 0 aromatic rings. The van der Waals surface area contributed by atoms with Crippen LogP contribution in [-0.4, -0.2) is 18.8 Å². The molecule has 0 unspecified atom stereocenters. The number of urea groups is 1. The molecule has 0 atom stereocenters. The van der Waals surface area contributed by atoms with E-state index in [0.717, 1.165) is 6.21 Å². The Morgan fingerprint density at radius 1 is 1.90 bits per heavy atom. The van der Waals surface area contributed by atoms with Crippen molar-refractivity contribution in [3.63, 3.8) is 0 Å². The van der Waals surface area contributed by atoms with E-state index in [1.54, 1.807) is 13.0 Å². The van der Waals surface area contributed by atoms with Gasteiger partial charge in [0.2, 0.25) is 0 Å². The molecule has 2 N–H and O–H groups in total. The summed E-state index contributed by atoms with van der Waals surface area (Å²) in [7, 11) is 0. The van der Waals surface area contributed by atoms with Crippen LogP contribution in [0.3, 0.4) is 0 Å². The van der Waals surface area contributed by atoms with Crippen LogP contribution in [0.2, 0.25) is 0 Å². The van der Waals surface area contributed by atoms with E-state index in [4.69, 9.17) is 5.26 Å². The van der Waals surface area contributed by atoms with Gasteiger partial charge in [0, 0.05) is 6.54 Å². The van der Waals surface area contributed by atoms with Crippen LogP contribution in [0.15, 0.2) is 5.10 Å². The number of hydrogen-bond acceptors (Lipinski definition) is 3. The molecule has 0 heterocycles. The summed E-state index contributed by atoms with van der Waals surface area (Å²) >= 11 is 0. The zero-order valence-electron chi connectivity index (χ0n) is 5.59. The van der Waals surface area contributed by atoms with Crippen LogP contribution in [0.1, 0.15) is 6.92 Å². The van der Waals surface area contributed by atoms with Crippen LogP contribution >= 0.6 is 0 Å². The highest BCUT2D eigenvalue weighted by atomic mass is 16.2. The summed E-state index contributed by atoms with van der Waals surface area (Å²) in [4.78, 5) is 10.5. The number of nitriles is 1.